The van der Waals surface area contributed by atoms with Crippen molar-refractivity contribution < 1.29 is 9.53 Å². The fourth-order valence-electron chi connectivity index (χ4n) is 2.75. The lowest BCUT2D eigenvalue weighted by Crippen LogP contribution is -2.14. The normalized spacial score (nSPS) is 10.9. The van der Waals surface area contributed by atoms with Gasteiger partial charge in [-0.15, -0.1) is 0 Å². The van der Waals surface area contributed by atoms with Crippen LogP contribution in [0, 0.1) is 0 Å². The van der Waals surface area contributed by atoms with Crippen LogP contribution in [-0.4, -0.2) is 23.0 Å². The monoisotopic (exact) mass is 474 g/mol. The molecule has 2 aromatic heterocycles. The van der Waals surface area contributed by atoms with Crippen LogP contribution >= 0.6 is 38.6 Å². The standard InChI is InChI=1S/C19H15BrN4O2S2/c1-26-12-4-2-3-11(9-12)16-17(20)28-19(24-16)23-15(25)8-10-5-6-13-14(7-10)27-18(21)22-13/h2-7,9H,8H2,1H3,(H2,21,22)(H,23,24,25). The molecule has 2 aromatic carbocycles. The summed E-state index contributed by atoms with van der Waals surface area (Å²) in [5.74, 6) is 0.623. The fourth-order valence-corrected chi connectivity index (χ4v) is 5.06. The summed E-state index contributed by atoms with van der Waals surface area (Å²) in [4.78, 5) is 21.2. The molecule has 0 aliphatic heterocycles. The molecular weight excluding hydrogens is 460 g/mol. The van der Waals surface area contributed by atoms with Gasteiger partial charge >= 0.3 is 0 Å². The molecule has 0 bridgehead atoms. The number of hydrogen-bond donors (Lipinski definition) is 2. The molecule has 6 nitrogen and oxygen atoms in total. The number of thiazole rings is 2. The van der Waals surface area contributed by atoms with E-state index in [1.54, 1.807) is 7.11 Å². The van der Waals surface area contributed by atoms with Gasteiger partial charge in [0.25, 0.3) is 0 Å². The molecule has 1 amide bonds. The largest absolute Gasteiger partial charge is 0.497 e. The van der Waals surface area contributed by atoms with Crippen LogP contribution in [0.15, 0.2) is 46.3 Å². The summed E-state index contributed by atoms with van der Waals surface area (Å²) >= 11 is 6.32. The summed E-state index contributed by atoms with van der Waals surface area (Å²) in [5, 5.41) is 3.94. The number of halogens is 1. The highest BCUT2D eigenvalue weighted by molar-refractivity contribution is 9.11. The van der Waals surface area contributed by atoms with Gasteiger partial charge in [0.05, 0.1) is 33.2 Å². The van der Waals surface area contributed by atoms with Gasteiger partial charge in [-0.2, -0.15) is 0 Å². The number of carbonyl (C=O) groups is 1. The third-order valence-corrected chi connectivity index (χ3v) is 6.48. The van der Waals surface area contributed by atoms with Crippen LogP contribution in [0.3, 0.4) is 0 Å². The number of nitrogen functional groups attached to an aromatic ring is 1. The van der Waals surface area contributed by atoms with Gasteiger partial charge in [0.2, 0.25) is 5.91 Å². The number of anilines is 2. The minimum Gasteiger partial charge on any atom is -0.497 e. The Hall–Kier alpha value is -2.49. The molecule has 4 aromatic rings. The second-order valence-electron chi connectivity index (χ2n) is 5.95. The van der Waals surface area contributed by atoms with E-state index in [9.17, 15) is 4.79 Å². The number of nitrogens with zero attached hydrogens (tertiary/aromatic N) is 2. The molecule has 0 spiro atoms. The van der Waals surface area contributed by atoms with Crippen LogP contribution in [0.4, 0.5) is 10.3 Å². The van der Waals surface area contributed by atoms with Gasteiger partial charge in [-0.1, -0.05) is 40.9 Å². The van der Waals surface area contributed by atoms with E-state index >= 15 is 0 Å². The van der Waals surface area contributed by atoms with Crippen molar-refractivity contribution >= 4 is 65.0 Å². The lowest BCUT2D eigenvalue weighted by molar-refractivity contribution is -0.115. The lowest BCUT2D eigenvalue weighted by Gasteiger charge is -2.03. The molecule has 0 aliphatic rings. The zero-order chi connectivity index (χ0) is 19.7. The number of nitrogens with one attached hydrogen (secondary N) is 1. The van der Waals surface area contributed by atoms with Gasteiger partial charge in [0, 0.05) is 5.56 Å². The number of aromatic nitrogens is 2. The summed E-state index contributed by atoms with van der Waals surface area (Å²) in [6, 6.07) is 13.3. The van der Waals surface area contributed by atoms with Crippen molar-refractivity contribution in [2.45, 2.75) is 6.42 Å². The van der Waals surface area contributed by atoms with Crippen molar-refractivity contribution in [1.29, 1.82) is 0 Å². The molecule has 4 rings (SSSR count). The van der Waals surface area contributed by atoms with Crippen LogP contribution in [-0.2, 0) is 11.2 Å². The molecule has 0 unspecified atom stereocenters. The molecule has 142 valence electrons. The Morgan fingerprint density at radius 3 is 2.89 bits per heavy atom. The van der Waals surface area contributed by atoms with Crippen LogP contribution in [0.1, 0.15) is 5.56 Å². The highest BCUT2D eigenvalue weighted by Crippen LogP contribution is 2.36. The van der Waals surface area contributed by atoms with Crippen molar-refractivity contribution in [3.63, 3.8) is 0 Å². The smallest absolute Gasteiger partial charge is 0.230 e. The van der Waals surface area contributed by atoms with Crippen molar-refractivity contribution in [3.8, 4) is 17.0 Å². The van der Waals surface area contributed by atoms with Gasteiger partial charge < -0.3 is 15.8 Å². The molecule has 2 heterocycles. The van der Waals surface area contributed by atoms with Crippen molar-refractivity contribution in [2.75, 3.05) is 18.2 Å². The number of rotatable bonds is 5. The van der Waals surface area contributed by atoms with Crippen molar-refractivity contribution in [2.24, 2.45) is 0 Å². The van der Waals surface area contributed by atoms with E-state index in [0.717, 1.165) is 36.6 Å². The molecule has 3 N–H and O–H groups in total. The average molecular weight is 475 g/mol. The first-order valence-corrected chi connectivity index (χ1v) is 10.7. The number of hydrogen-bond acceptors (Lipinski definition) is 7. The molecule has 0 saturated heterocycles. The highest BCUT2D eigenvalue weighted by atomic mass is 79.9. The highest BCUT2D eigenvalue weighted by Gasteiger charge is 2.14. The van der Waals surface area contributed by atoms with Gasteiger partial charge in [-0.25, -0.2) is 9.97 Å². The molecule has 28 heavy (non-hydrogen) atoms. The predicted octanol–water partition coefficient (Wildman–Crippen LogP) is 4.95. The number of ether oxygens (including phenoxy) is 1. The second kappa shape index (κ2) is 7.86. The molecule has 0 radical (unpaired) electrons. The Morgan fingerprint density at radius 1 is 1.21 bits per heavy atom. The number of nitrogens with two attached hydrogens (primary N) is 1. The van der Waals surface area contributed by atoms with E-state index < -0.39 is 0 Å². The van der Waals surface area contributed by atoms with Gasteiger partial charge in [0.15, 0.2) is 10.3 Å². The number of carbonyl (C=O) groups excluding carboxylic acids is 1. The topological polar surface area (TPSA) is 90.1 Å². The van der Waals surface area contributed by atoms with E-state index in [1.807, 2.05) is 42.5 Å². The Morgan fingerprint density at radius 2 is 2.07 bits per heavy atom. The van der Waals surface area contributed by atoms with E-state index in [4.69, 9.17) is 10.5 Å². The number of methoxy groups -OCH3 is 1. The molecule has 9 heteroatoms. The molecule has 0 atom stereocenters. The third-order valence-electron chi connectivity index (χ3n) is 4.01. The number of benzene rings is 2. The maximum atomic E-state index is 12.5. The Balaban J connectivity index is 1.49. The van der Waals surface area contributed by atoms with Crippen molar-refractivity contribution in [3.05, 3.63) is 51.8 Å². The summed E-state index contributed by atoms with van der Waals surface area (Å²) in [6.45, 7) is 0. The Labute approximate surface area is 177 Å². The Bertz CT molecular complexity index is 1170. The molecule has 0 aliphatic carbocycles. The Kier molecular flexibility index (Phi) is 5.29. The van der Waals surface area contributed by atoms with E-state index in [0.29, 0.717) is 10.3 Å². The van der Waals surface area contributed by atoms with Crippen LogP contribution in [0.25, 0.3) is 21.5 Å². The van der Waals surface area contributed by atoms with Gasteiger partial charge in [-0.3, -0.25) is 4.79 Å². The minimum absolute atomic E-state index is 0.129. The first kappa shape index (κ1) is 18.9. The quantitative estimate of drug-likeness (QED) is 0.426. The van der Waals surface area contributed by atoms with Gasteiger partial charge in [-0.05, 0) is 45.8 Å². The summed E-state index contributed by atoms with van der Waals surface area (Å²) in [5.41, 5.74) is 9.16. The van der Waals surface area contributed by atoms with Crippen LogP contribution < -0.4 is 15.8 Å². The first-order valence-electron chi connectivity index (χ1n) is 8.27. The fraction of sp³-hybridized carbons (Fsp3) is 0.105. The summed E-state index contributed by atoms with van der Waals surface area (Å²) in [7, 11) is 1.62. The third kappa shape index (κ3) is 4.01. The predicted molar refractivity (Wildman–Crippen MR) is 118 cm³/mol. The molecular formula is C19H15BrN4O2S2. The average Bonchev–Trinajstić information content (AvgIpc) is 3.22. The molecule has 0 fully saturated rings. The maximum absolute atomic E-state index is 12.5. The molecule has 0 saturated carbocycles. The van der Waals surface area contributed by atoms with E-state index in [1.165, 1.54) is 22.7 Å². The minimum atomic E-state index is -0.129. The van der Waals surface area contributed by atoms with Crippen molar-refractivity contribution in [1.82, 2.24) is 9.97 Å². The van der Waals surface area contributed by atoms with Crippen LogP contribution in [0.5, 0.6) is 5.75 Å². The SMILES string of the molecule is COc1cccc(-c2nc(NC(=O)Cc3ccc4nc(N)sc4c3)sc2Br)c1. The zero-order valence-electron chi connectivity index (χ0n) is 14.7. The zero-order valence-corrected chi connectivity index (χ0v) is 18.0. The van der Waals surface area contributed by atoms with Gasteiger partial charge in [0.1, 0.15) is 5.75 Å². The number of amides is 1. The van der Waals surface area contributed by atoms with E-state index in [-0.39, 0.29) is 12.3 Å². The van der Waals surface area contributed by atoms with Crippen LogP contribution in [0.2, 0.25) is 0 Å². The number of fused-ring (bicyclic) bond motifs is 1. The van der Waals surface area contributed by atoms with E-state index in [2.05, 4.69) is 31.2 Å². The first-order chi connectivity index (χ1) is 13.5. The summed E-state index contributed by atoms with van der Waals surface area (Å²) in [6.07, 6.45) is 0.249. The maximum Gasteiger partial charge on any atom is 0.230 e. The lowest BCUT2D eigenvalue weighted by atomic mass is 10.1. The second-order valence-corrected chi connectivity index (χ2v) is 9.33. The summed E-state index contributed by atoms with van der Waals surface area (Å²) < 4.78 is 7.08.